The summed E-state index contributed by atoms with van der Waals surface area (Å²) in [5, 5.41) is 13.4. The van der Waals surface area contributed by atoms with Crippen LogP contribution in [-0.4, -0.2) is 58.8 Å². The smallest absolute Gasteiger partial charge is 0.223 e. The molecule has 3 aromatic carbocycles. The van der Waals surface area contributed by atoms with Crippen LogP contribution in [0.2, 0.25) is 5.02 Å². The summed E-state index contributed by atoms with van der Waals surface area (Å²) in [5.41, 5.74) is 5.04. The van der Waals surface area contributed by atoms with Gasteiger partial charge in [-0.3, -0.25) is 9.78 Å². The minimum atomic E-state index is -0.00302. The summed E-state index contributed by atoms with van der Waals surface area (Å²) in [6.45, 7) is 3.12. The van der Waals surface area contributed by atoms with E-state index in [1.807, 2.05) is 74.8 Å². The number of benzene rings is 3. The maximum atomic E-state index is 12.4. The van der Waals surface area contributed by atoms with Crippen molar-refractivity contribution in [3.63, 3.8) is 0 Å². The summed E-state index contributed by atoms with van der Waals surface area (Å²) in [4.78, 5) is 28.8. The van der Waals surface area contributed by atoms with E-state index >= 15 is 0 Å². The van der Waals surface area contributed by atoms with Crippen LogP contribution in [0.3, 0.4) is 0 Å². The number of carbonyl (C=O) groups excluding carboxylic acids is 1. The van der Waals surface area contributed by atoms with Crippen LogP contribution in [0.1, 0.15) is 24.5 Å². The molecule has 5 aromatic rings. The van der Waals surface area contributed by atoms with E-state index in [9.17, 15) is 9.90 Å². The lowest BCUT2D eigenvalue weighted by molar-refractivity contribution is -0.116. The Morgan fingerprint density at radius 1 is 1.03 bits per heavy atom. The topological polar surface area (TPSA) is 84.8 Å². The zero-order valence-electron chi connectivity index (χ0n) is 22.1. The van der Waals surface area contributed by atoms with Crippen molar-refractivity contribution in [2.24, 2.45) is 4.99 Å². The number of aromatic nitrogens is 2. The van der Waals surface area contributed by atoms with E-state index in [-0.39, 0.29) is 11.8 Å². The fourth-order valence-electron chi connectivity index (χ4n) is 4.72. The van der Waals surface area contributed by atoms with Gasteiger partial charge < -0.3 is 19.9 Å². The molecular formula is C31H30ClN5O2. The molecule has 0 unspecified atom stereocenters. The lowest BCUT2D eigenvalue weighted by Gasteiger charge is -2.22. The van der Waals surface area contributed by atoms with E-state index in [0.717, 1.165) is 40.5 Å². The highest BCUT2D eigenvalue weighted by molar-refractivity contribution is 6.31. The standard InChI is InChI=1S/C31H30ClN5O2/c1-20(38)37(17-5-16-36(2)3)25-12-10-24(11-13-25)34-30(22-8-7-21-6-4-15-33-27(21)18-22)29-26-14-9-23(32)19-28(26)35-31(29)39/h4,6-15,18-19,35,39H,5,16-17H2,1-3H3. The number of fused-ring (bicyclic) bond motifs is 2. The average Bonchev–Trinajstić information content (AvgIpc) is 3.24. The molecular weight excluding hydrogens is 510 g/mol. The number of aromatic amines is 1. The molecule has 1 amide bonds. The van der Waals surface area contributed by atoms with Gasteiger partial charge in [-0.05, 0) is 75.6 Å². The Morgan fingerprint density at radius 2 is 1.82 bits per heavy atom. The van der Waals surface area contributed by atoms with Crippen molar-refractivity contribution in [1.82, 2.24) is 14.9 Å². The fraction of sp³-hybridized carbons (Fsp3) is 0.194. The molecule has 0 spiro atoms. The lowest BCUT2D eigenvalue weighted by Crippen LogP contribution is -2.31. The third-order valence-electron chi connectivity index (χ3n) is 6.63. The molecule has 0 bridgehead atoms. The zero-order valence-corrected chi connectivity index (χ0v) is 22.9. The summed E-state index contributed by atoms with van der Waals surface area (Å²) in [6.07, 6.45) is 2.63. The highest BCUT2D eigenvalue weighted by atomic mass is 35.5. The predicted octanol–water partition coefficient (Wildman–Crippen LogP) is 6.55. The Bertz CT molecular complexity index is 1670. The molecule has 5 rings (SSSR count). The van der Waals surface area contributed by atoms with Crippen molar-refractivity contribution in [3.05, 3.63) is 95.1 Å². The highest BCUT2D eigenvalue weighted by Crippen LogP contribution is 2.33. The molecule has 0 aliphatic heterocycles. The lowest BCUT2D eigenvalue weighted by atomic mass is 9.99. The molecule has 8 heteroatoms. The van der Waals surface area contributed by atoms with Crippen molar-refractivity contribution < 1.29 is 9.90 Å². The number of H-pyrrole nitrogens is 1. The number of nitrogens with zero attached hydrogens (tertiary/aromatic N) is 4. The van der Waals surface area contributed by atoms with Gasteiger partial charge in [0.1, 0.15) is 0 Å². The summed E-state index contributed by atoms with van der Waals surface area (Å²) in [5.74, 6) is 0.00383. The summed E-state index contributed by atoms with van der Waals surface area (Å²) >= 11 is 6.21. The van der Waals surface area contributed by atoms with Crippen LogP contribution in [0.25, 0.3) is 21.8 Å². The van der Waals surface area contributed by atoms with Crippen LogP contribution in [-0.2, 0) is 4.79 Å². The number of nitrogens with one attached hydrogen (secondary N) is 1. The van der Waals surface area contributed by atoms with Crippen LogP contribution in [0, 0.1) is 0 Å². The predicted molar refractivity (Wildman–Crippen MR) is 160 cm³/mol. The van der Waals surface area contributed by atoms with Gasteiger partial charge in [-0.2, -0.15) is 0 Å². The van der Waals surface area contributed by atoms with Gasteiger partial charge >= 0.3 is 0 Å². The van der Waals surface area contributed by atoms with Crippen molar-refractivity contribution in [2.75, 3.05) is 32.1 Å². The van der Waals surface area contributed by atoms with Crippen LogP contribution >= 0.6 is 11.6 Å². The quantitative estimate of drug-likeness (QED) is 0.219. The van der Waals surface area contributed by atoms with Crippen LogP contribution in [0.5, 0.6) is 5.88 Å². The number of rotatable bonds is 8. The van der Waals surface area contributed by atoms with Gasteiger partial charge in [-0.1, -0.05) is 35.9 Å². The molecule has 0 aliphatic rings. The molecule has 7 nitrogen and oxygen atoms in total. The van der Waals surface area contributed by atoms with Crippen molar-refractivity contribution in [1.29, 1.82) is 0 Å². The molecule has 0 fully saturated rings. The van der Waals surface area contributed by atoms with Crippen LogP contribution in [0.4, 0.5) is 11.4 Å². The van der Waals surface area contributed by atoms with Gasteiger partial charge in [-0.15, -0.1) is 0 Å². The molecule has 39 heavy (non-hydrogen) atoms. The number of hydrogen-bond donors (Lipinski definition) is 2. The highest BCUT2D eigenvalue weighted by Gasteiger charge is 2.20. The first-order valence-corrected chi connectivity index (χ1v) is 13.2. The van der Waals surface area contributed by atoms with Crippen molar-refractivity contribution in [2.45, 2.75) is 13.3 Å². The number of amides is 1. The van der Waals surface area contributed by atoms with Crippen LogP contribution in [0.15, 0.2) is 84.0 Å². The Kier molecular flexibility index (Phi) is 7.63. The first-order valence-electron chi connectivity index (χ1n) is 12.8. The van der Waals surface area contributed by atoms with E-state index in [4.69, 9.17) is 16.6 Å². The molecule has 0 atom stereocenters. The minimum Gasteiger partial charge on any atom is -0.494 e. The second-order valence-corrected chi connectivity index (χ2v) is 10.2. The fourth-order valence-corrected chi connectivity index (χ4v) is 4.90. The van der Waals surface area contributed by atoms with E-state index in [0.29, 0.717) is 34.0 Å². The summed E-state index contributed by atoms with van der Waals surface area (Å²) in [7, 11) is 4.04. The molecule has 198 valence electrons. The molecule has 2 heterocycles. The summed E-state index contributed by atoms with van der Waals surface area (Å²) in [6, 6.07) is 22.9. The maximum Gasteiger partial charge on any atom is 0.223 e. The van der Waals surface area contributed by atoms with Gasteiger partial charge in [0.05, 0.1) is 28.0 Å². The van der Waals surface area contributed by atoms with Gasteiger partial charge in [0.2, 0.25) is 5.91 Å². The third kappa shape index (κ3) is 5.79. The first kappa shape index (κ1) is 26.4. The summed E-state index contributed by atoms with van der Waals surface area (Å²) < 4.78 is 0. The largest absolute Gasteiger partial charge is 0.494 e. The Hall–Kier alpha value is -4.20. The number of pyridine rings is 1. The van der Waals surface area contributed by atoms with Crippen molar-refractivity contribution >= 4 is 56.4 Å². The molecule has 2 aromatic heterocycles. The number of halogens is 1. The minimum absolute atomic E-state index is 0.00302. The number of anilines is 1. The van der Waals surface area contributed by atoms with E-state index in [1.165, 1.54) is 0 Å². The van der Waals surface area contributed by atoms with E-state index < -0.39 is 0 Å². The molecule has 0 saturated heterocycles. The van der Waals surface area contributed by atoms with E-state index in [1.54, 1.807) is 30.2 Å². The van der Waals surface area contributed by atoms with Gasteiger partial charge in [0, 0.05) is 46.7 Å². The number of aromatic hydroxyl groups is 1. The Labute approximate surface area is 232 Å². The Balaban J connectivity index is 1.59. The number of hydrogen-bond acceptors (Lipinski definition) is 5. The first-order chi connectivity index (χ1) is 18.8. The number of carbonyl (C=O) groups is 1. The second kappa shape index (κ2) is 11.3. The van der Waals surface area contributed by atoms with Gasteiger partial charge in [0.15, 0.2) is 5.88 Å². The maximum absolute atomic E-state index is 12.4. The zero-order chi connectivity index (χ0) is 27.5. The molecule has 0 saturated carbocycles. The van der Waals surface area contributed by atoms with Gasteiger partial charge in [0.25, 0.3) is 0 Å². The normalized spacial score (nSPS) is 12.0. The monoisotopic (exact) mass is 539 g/mol. The average molecular weight is 540 g/mol. The second-order valence-electron chi connectivity index (χ2n) is 9.75. The SMILES string of the molecule is CC(=O)N(CCCN(C)C)c1ccc(N=C(c2ccc3cccnc3c2)c2c(O)[nH]c3cc(Cl)ccc23)cc1. The molecule has 2 N–H and O–H groups in total. The molecule has 0 radical (unpaired) electrons. The van der Waals surface area contributed by atoms with E-state index in [2.05, 4.69) is 14.9 Å². The number of aliphatic imine (C=N–C) groups is 1. The Morgan fingerprint density at radius 3 is 2.56 bits per heavy atom. The van der Waals surface area contributed by atoms with Crippen LogP contribution < -0.4 is 4.90 Å². The molecule has 0 aliphatic carbocycles. The third-order valence-corrected chi connectivity index (χ3v) is 6.86. The van der Waals surface area contributed by atoms with Crippen molar-refractivity contribution in [3.8, 4) is 5.88 Å². The van der Waals surface area contributed by atoms with Gasteiger partial charge in [-0.25, -0.2) is 4.99 Å².